The Kier molecular flexibility index (Phi) is 2.41. The first-order valence-corrected chi connectivity index (χ1v) is 8.40. The van der Waals surface area contributed by atoms with Gasteiger partial charge in [0.2, 0.25) is 0 Å². The molecule has 0 bridgehead atoms. The standard InChI is InChI=1S/2C5H5.Pb/c2*1-2-4-5-3-1;/h2*1-5H;. The predicted molar refractivity (Wildman–Crippen MR) is 49.8 cm³/mol. The van der Waals surface area contributed by atoms with Gasteiger partial charge in [0.25, 0.3) is 0 Å². The van der Waals surface area contributed by atoms with E-state index in [-0.39, 0.29) is 0 Å². The van der Waals surface area contributed by atoms with Gasteiger partial charge >= 0.3 is 79.8 Å². The molecule has 2 radical (unpaired) electrons. The van der Waals surface area contributed by atoms with Crippen LogP contribution < -0.4 is 0 Å². The average Bonchev–Trinajstić information content (AvgIpc) is 2.60. The summed E-state index contributed by atoms with van der Waals surface area (Å²) in [6, 6.07) is 0. The molecule has 0 aromatic heterocycles. The Hall–Kier alpha value is -0.118. The summed E-state index contributed by atoms with van der Waals surface area (Å²) in [6.07, 6.45) is 18.1. The van der Waals surface area contributed by atoms with Crippen molar-refractivity contribution in [3.05, 3.63) is 48.6 Å². The van der Waals surface area contributed by atoms with Gasteiger partial charge in [0, 0.05) is 0 Å². The summed E-state index contributed by atoms with van der Waals surface area (Å²) in [5.41, 5.74) is 0. The van der Waals surface area contributed by atoms with E-state index in [9.17, 15) is 0 Å². The van der Waals surface area contributed by atoms with Gasteiger partial charge in [0.05, 0.1) is 0 Å². The van der Waals surface area contributed by atoms with E-state index in [1.54, 1.807) is 0 Å². The Morgan fingerprint density at radius 1 is 0.636 bits per heavy atom. The molecule has 1 heteroatoms. The Labute approximate surface area is 79.6 Å². The maximum atomic E-state index is 2.35. The molecule has 0 amide bonds. The minimum atomic E-state index is -0.471. The van der Waals surface area contributed by atoms with E-state index < -0.39 is 24.2 Å². The molecular weight excluding hydrogens is 327 g/mol. The monoisotopic (exact) mass is 338 g/mol. The van der Waals surface area contributed by atoms with Crippen LogP contribution in [0.3, 0.4) is 0 Å². The SMILES string of the molecule is C1=C[CH]([Pb][CH]2C=CC=C2)C=C1. The van der Waals surface area contributed by atoms with Gasteiger partial charge in [-0.2, -0.15) is 0 Å². The van der Waals surface area contributed by atoms with Crippen molar-refractivity contribution in [1.29, 1.82) is 0 Å². The molecule has 0 N–H and O–H groups in total. The summed E-state index contributed by atoms with van der Waals surface area (Å²) in [6.45, 7) is 0. The topological polar surface area (TPSA) is 0 Å². The maximum absolute atomic E-state index is 2.35. The van der Waals surface area contributed by atoms with E-state index in [1.165, 1.54) is 0 Å². The summed E-state index contributed by atoms with van der Waals surface area (Å²) in [7, 11) is 0. The van der Waals surface area contributed by atoms with Crippen LogP contribution in [0.1, 0.15) is 0 Å². The molecule has 0 unspecified atom stereocenters. The molecule has 0 aromatic rings. The van der Waals surface area contributed by atoms with Crippen LogP contribution in [0.2, 0.25) is 6.95 Å². The molecule has 0 atom stereocenters. The molecule has 0 saturated carbocycles. The van der Waals surface area contributed by atoms with Gasteiger partial charge in [-0.1, -0.05) is 0 Å². The van der Waals surface area contributed by atoms with Crippen molar-refractivity contribution in [1.82, 2.24) is 0 Å². The van der Waals surface area contributed by atoms with Gasteiger partial charge in [0.15, 0.2) is 0 Å². The Morgan fingerprint density at radius 3 is 1.36 bits per heavy atom. The van der Waals surface area contributed by atoms with Crippen LogP contribution in [0.15, 0.2) is 48.6 Å². The van der Waals surface area contributed by atoms with Gasteiger partial charge in [-0.05, 0) is 0 Å². The van der Waals surface area contributed by atoms with E-state index in [0.717, 1.165) is 6.95 Å². The number of hydrogen-bond donors (Lipinski definition) is 0. The molecule has 0 heterocycles. The Morgan fingerprint density at radius 2 is 1.00 bits per heavy atom. The second kappa shape index (κ2) is 3.52. The van der Waals surface area contributed by atoms with Crippen molar-refractivity contribution in [2.24, 2.45) is 0 Å². The third-order valence-electron chi connectivity index (χ3n) is 1.88. The van der Waals surface area contributed by atoms with Crippen molar-refractivity contribution >= 4 is 24.2 Å². The molecule has 11 heavy (non-hydrogen) atoms. The van der Waals surface area contributed by atoms with Crippen molar-refractivity contribution in [2.45, 2.75) is 6.95 Å². The molecule has 2 aliphatic carbocycles. The fourth-order valence-electron chi connectivity index (χ4n) is 1.31. The molecule has 2 aliphatic rings. The molecule has 2 rings (SSSR count). The van der Waals surface area contributed by atoms with Gasteiger partial charge in [0.1, 0.15) is 0 Å². The normalized spacial score (nSPS) is 22.5. The van der Waals surface area contributed by atoms with Gasteiger partial charge < -0.3 is 0 Å². The van der Waals surface area contributed by atoms with Crippen LogP contribution in [-0.4, -0.2) is 24.2 Å². The minimum absolute atomic E-state index is 0.471. The molecular formula is C10H10Pb. The summed E-state index contributed by atoms with van der Waals surface area (Å²) >= 11 is -0.471. The quantitative estimate of drug-likeness (QED) is 0.680. The number of hydrogen-bond acceptors (Lipinski definition) is 0. The van der Waals surface area contributed by atoms with Gasteiger partial charge in [-0.25, -0.2) is 0 Å². The van der Waals surface area contributed by atoms with E-state index in [2.05, 4.69) is 48.6 Å². The fourth-order valence-corrected chi connectivity index (χ4v) is 6.49. The molecule has 0 saturated heterocycles. The van der Waals surface area contributed by atoms with E-state index in [1.807, 2.05) is 0 Å². The van der Waals surface area contributed by atoms with Crippen LogP contribution in [0.25, 0.3) is 0 Å². The zero-order valence-corrected chi connectivity index (χ0v) is 10.2. The first-order chi connectivity index (χ1) is 5.45. The van der Waals surface area contributed by atoms with Crippen LogP contribution >= 0.6 is 0 Å². The molecule has 0 spiro atoms. The average molecular weight is 337 g/mol. The molecule has 0 aliphatic heterocycles. The summed E-state index contributed by atoms with van der Waals surface area (Å²) in [5.74, 6) is 0. The molecule has 0 nitrogen and oxygen atoms in total. The van der Waals surface area contributed by atoms with Crippen molar-refractivity contribution < 1.29 is 0 Å². The van der Waals surface area contributed by atoms with Crippen molar-refractivity contribution in [2.75, 3.05) is 0 Å². The van der Waals surface area contributed by atoms with Crippen LogP contribution in [-0.2, 0) is 0 Å². The first kappa shape index (κ1) is 7.53. The third kappa shape index (κ3) is 1.92. The van der Waals surface area contributed by atoms with Crippen molar-refractivity contribution in [3.63, 3.8) is 0 Å². The second-order valence-electron chi connectivity index (χ2n) is 2.76. The van der Waals surface area contributed by atoms with Crippen LogP contribution in [0.5, 0.6) is 0 Å². The van der Waals surface area contributed by atoms with Crippen LogP contribution in [0, 0.1) is 0 Å². The number of rotatable bonds is 2. The first-order valence-electron chi connectivity index (χ1n) is 3.91. The summed E-state index contributed by atoms with van der Waals surface area (Å²) in [4.78, 5) is 0. The number of allylic oxidation sites excluding steroid dienone is 8. The van der Waals surface area contributed by atoms with Gasteiger partial charge in [-0.15, -0.1) is 0 Å². The van der Waals surface area contributed by atoms with E-state index in [0.29, 0.717) is 0 Å². The summed E-state index contributed by atoms with van der Waals surface area (Å²) < 4.78 is 1.74. The van der Waals surface area contributed by atoms with E-state index in [4.69, 9.17) is 0 Å². The zero-order chi connectivity index (χ0) is 7.52. The second-order valence-corrected chi connectivity index (χ2v) is 9.24. The van der Waals surface area contributed by atoms with Crippen molar-refractivity contribution in [3.8, 4) is 0 Å². The molecule has 0 aromatic carbocycles. The molecule has 54 valence electrons. The zero-order valence-electron chi connectivity index (χ0n) is 6.27. The van der Waals surface area contributed by atoms with Crippen LogP contribution in [0.4, 0.5) is 0 Å². The fraction of sp³-hybridized carbons (Fsp3) is 0.200. The Balaban J connectivity index is 1.90. The van der Waals surface area contributed by atoms with Gasteiger partial charge in [-0.3, -0.25) is 0 Å². The predicted octanol–water partition coefficient (Wildman–Crippen LogP) is 2.52. The molecule has 0 fully saturated rings. The van der Waals surface area contributed by atoms with E-state index >= 15 is 0 Å². The summed E-state index contributed by atoms with van der Waals surface area (Å²) in [5, 5.41) is 0. The third-order valence-corrected chi connectivity index (χ3v) is 7.87. The Bertz CT molecular complexity index is 196.